The lowest BCUT2D eigenvalue weighted by Gasteiger charge is -2.60. The van der Waals surface area contributed by atoms with E-state index >= 15 is 0 Å². The zero-order chi connectivity index (χ0) is 20.0. The number of amides is 3. The van der Waals surface area contributed by atoms with E-state index in [0.29, 0.717) is 10.7 Å². The van der Waals surface area contributed by atoms with Crippen LogP contribution in [0, 0.1) is 5.41 Å². The highest BCUT2D eigenvalue weighted by molar-refractivity contribution is 8.18. The molecule has 4 heterocycles. The Bertz CT molecular complexity index is 1040. The Hall–Kier alpha value is -3.20. The van der Waals surface area contributed by atoms with Crippen molar-refractivity contribution in [2.75, 3.05) is 31.1 Å². The second-order valence-electron chi connectivity index (χ2n) is 7.51. The van der Waals surface area contributed by atoms with Crippen molar-refractivity contribution in [1.82, 2.24) is 20.2 Å². The van der Waals surface area contributed by atoms with Crippen LogP contribution < -0.4 is 10.2 Å². The third kappa shape index (κ3) is 3.27. The molecule has 29 heavy (non-hydrogen) atoms. The van der Waals surface area contributed by atoms with E-state index < -0.39 is 5.91 Å². The first kappa shape index (κ1) is 17.9. The molecule has 1 N–H and O–H groups in total. The van der Waals surface area contributed by atoms with Crippen molar-refractivity contribution in [3.05, 3.63) is 58.9 Å². The summed E-state index contributed by atoms with van der Waals surface area (Å²) in [7, 11) is 0. The number of benzene rings is 1. The van der Waals surface area contributed by atoms with Crippen molar-refractivity contribution in [2.24, 2.45) is 5.41 Å². The summed E-state index contributed by atoms with van der Waals surface area (Å²) in [5.74, 6) is 0.826. The quantitative estimate of drug-likeness (QED) is 0.775. The monoisotopic (exact) mass is 407 g/mol. The van der Waals surface area contributed by atoms with Gasteiger partial charge in [-0.25, -0.2) is 9.97 Å². The van der Waals surface area contributed by atoms with Crippen molar-refractivity contribution in [2.45, 2.75) is 0 Å². The number of carbonyl (C=O) groups excluding carboxylic acids is 3. The summed E-state index contributed by atoms with van der Waals surface area (Å²) in [6.45, 7) is 3.15. The van der Waals surface area contributed by atoms with E-state index in [1.807, 2.05) is 41.3 Å². The number of aromatic nitrogens is 2. The Morgan fingerprint density at radius 3 is 2.55 bits per heavy atom. The van der Waals surface area contributed by atoms with Crippen molar-refractivity contribution in [1.29, 1.82) is 0 Å². The zero-order valence-electron chi connectivity index (χ0n) is 15.4. The molecular formula is C20H17N5O3S. The predicted molar refractivity (Wildman–Crippen MR) is 108 cm³/mol. The Kier molecular flexibility index (Phi) is 4.13. The Morgan fingerprint density at radius 2 is 1.86 bits per heavy atom. The molecule has 2 aromatic rings. The molecule has 8 nitrogen and oxygen atoms in total. The molecule has 3 aliphatic rings. The summed E-state index contributed by atoms with van der Waals surface area (Å²) in [4.78, 5) is 48.4. The molecule has 146 valence electrons. The van der Waals surface area contributed by atoms with E-state index in [9.17, 15) is 14.4 Å². The number of hydrogen-bond donors (Lipinski definition) is 1. The number of imide groups is 1. The molecule has 1 spiro atoms. The number of carbonyl (C=O) groups is 3. The number of rotatable bonds is 3. The third-order valence-electron chi connectivity index (χ3n) is 5.30. The maximum atomic E-state index is 12.5. The summed E-state index contributed by atoms with van der Waals surface area (Å²) in [5, 5.41) is 1.83. The Balaban J connectivity index is 1.21. The van der Waals surface area contributed by atoms with Crippen LogP contribution in [-0.4, -0.2) is 58.1 Å². The van der Waals surface area contributed by atoms with Gasteiger partial charge in [0, 0.05) is 49.4 Å². The Labute approximate surface area is 171 Å². The van der Waals surface area contributed by atoms with Crippen LogP contribution in [-0.2, 0) is 4.79 Å². The van der Waals surface area contributed by atoms with Gasteiger partial charge in [-0.05, 0) is 30.0 Å². The predicted octanol–water partition coefficient (Wildman–Crippen LogP) is 1.76. The van der Waals surface area contributed by atoms with Crippen molar-refractivity contribution in [3.63, 3.8) is 0 Å². The fourth-order valence-corrected chi connectivity index (χ4v) is 4.60. The number of hydrogen-bond acceptors (Lipinski definition) is 7. The molecule has 0 radical (unpaired) electrons. The van der Waals surface area contributed by atoms with Gasteiger partial charge in [0.1, 0.15) is 5.82 Å². The van der Waals surface area contributed by atoms with Gasteiger partial charge in [-0.2, -0.15) is 0 Å². The van der Waals surface area contributed by atoms with Gasteiger partial charge in [0.05, 0.1) is 4.91 Å². The van der Waals surface area contributed by atoms with Crippen LogP contribution in [0.15, 0.2) is 47.5 Å². The average molecular weight is 407 g/mol. The molecule has 0 unspecified atom stereocenters. The minimum atomic E-state index is -0.422. The molecule has 5 rings (SSSR count). The molecule has 3 fully saturated rings. The van der Waals surface area contributed by atoms with Gasteiger partial charge in [-0.15, -0.1) is 0 Å². The smallest absolute Gasteiger partial charge is 0.290 e. The van der Waals surface area contributed by atoms with Crippen LogP contribution in [0.4, 0.5) is 10.6 Å². The maximum absolute atomic E-state index is 12.5. The average Bonchev–Trinajstić information content (AvgIpc) is 2.97. The molecule has 3 saturated heterocycles. The first-order valence-electron chi connectivity index (χ1n) is 9.19. The first-order chi connectivity index (χ1) is 14.0. The SMILES string of the molecule is O=C1NC(=O)/C(=C/c2nccc(N3CC4(CN(C(=O)c5ccccc5)C4)C3)n2)S1. The number of nitrogens with zero attached hydrogens (tertiary/aromatic N) is 4. The zero-order valence-corrected chi connectivity index (χ0v) is 16.2. The molecule has 0 aliphatic carbocycles. The van der Waals surface area contributed by atoms with Gasteiger partial charge in [0.2, 0.25) is 0 Å². The highest BCUT2D eigenvalue weighted by Crippen LogP contribution is 2.41. The second-order valence-corrected chi connectivity index (χ2v) is 8.52. The normalized spacial score (nSPS) is 21.2. The van der Waals surface area contributed by atoms with Crippen LogP contribution in [0.3, 0.4) is 0 Å². The van der Waals surface area contributed by atoms with Crippen LogP contribution in [0.5, 0.6) is 0 Å². The third-order valence-corrected chi connectivity index (χ3v) is 6.11. The van der Waals surface area contributed by atoms with E-state index in [1.54, 1.807) is 6.20 Å². The lowest BCUT2D eigenvalue weighted by molar-refractivity contribution is -0.115. The van der Waals surface area contributed by atoms with Crippen molar-refractivity contribution >= 4 is 40.7 Å². The number of likely N-dealkylation sites (tertiary alicyclic amines) is 1. The van der Waals surface area contributed by atoms with Crippen molar-refractivity contribution in [3.8, 4) is 0 Å². The highest BCUT2D eigenvalue weighted by Gasteiger charge is 2.53. The molecule has 0 bridgehead atoms. The topological polar surface area (TPSA) is 95.5 Å². The van der Waals surface area contributed by atoms with Crippen LogP contribution >= 0.6 is 11.8 Å². The molecule has 1 aromatic heterocycles. The molecule has 3 amide bonds. The highest BCUT2D eigenvalue weighted by atomic mass is 32.2. The molecule has 3 aliphatic heterocycles. The van der Waals surface area contributed by atoms with Crippen molar-refractivity contribution < 1.29 is 14.4 Å². The number of thioether (sulfide) groups is 1. The minimum Gasteiger partial charge on any atom is -0.355 e. The molecule has 0 saturated carbocycles. The van der Waals surface area contributed by atoms with E-state index in [1.165, 1.54) is 6.08 Å². The molecule has 9 heteroatoms. The maximum Gasteiger partial charge on any atom is 0.290 e. The van der Waals surface area contributed by atoms with Gasteiger partial charge in [0.25, 0.3) is 17.1 Å². The number of anilines is 1. The second kappa shape index (κ2) is 6.70. The summed E-state index contributed by atoms with van der Waals surface area (Å²) in [6.07, 6.45) is 3.17. The van der Waals surface area contributed by atoms with E-state index in [4.69, 9.17) is 0 Å². The van der Waals surface area contributed by atoms with Gasteiger partial charge in [-0.3, -0.25) is 19.7 Å². The summed E-state index contributed by atoms with van der Waals surface area (Å²) >= 11 is 0.847. The van der Waals surface area contributed by atoms with E-state index in [2.05, 4.69) is 20.2 Å². The summed E-state index contributed by atoms with van der Waals surface area (Å²) < 4.78 is 0. The summed E-state index contributed by atoms with van der Waals surface area (Å²) in [5.41, 5.74) is 0.848. The lowest BCUT2D eigenvalue weighted by Crippen LogP contribution is -2.73. The van der Waals surface area contributed by atoms with Crippen LogP contribution in [0.1, 0.15) is 16.2 Å². The molecule has 1 aromatic carbocycles. The molecular weight excluding hydrogens is 390 g/mol. The molecule has 0 atom stereocenters. The largest absolute Gasteiger partial charge is 0.355 e. The fourth-order valence-electron chi connectivity index (χ4n) is 3.94. The fraction of sp³-hybridized carbons (Fsp3) is 0.250. The van der Waals surface area contributed by atoms with Gasteiger partial charge >= 0.3 is 0 Å². The number of nitrogens with one attached hydrogen (secondary N) is 1. The van der Waals surface area contributed by atoms with E-state index in [0.717, 1.165) is 49.3 Å². The van der Waals surface area contributed by atoms with Crippen LogP contribution in [0.25, 0.3) is 6.08 Å². The van der Waals surface area contributed by atoms with Crippen LogP contribution in [0.2, 0.25) is 0 Å². The van der Waals surface area contributed by atoms with E-state index in [-0.39, 0.29) is 16.6 Å². The van der Waals surface area contributed by atoms with Gasteiger partial charge < -0.3 is 9.80 Å². The Morgan fingerprint density at radius 1 is 1.10 bits per heavy atom. The summed E-state index contributed by atoms with van der Waals surface area (Å²) in [6, 6.07) is 11.2. The van der Waals surface area contributed by atoms with Gasteiger partial charge in [-0.1, -0.05) is 18.2 Å². The minimum absolute atomic E-state index is 0.0764. The first-order valence-corrected chi connectivity index (χ1v) is 10.0. The van der Waals surface area contributed by atoms with Gasteiger partial charge in [0.15, 0.2) is 5.82 Å². The standard InChI is InChI=1S/C20H17N5O3S/c26-17-14(29-19(28)23-17)8-15-21-7-6-16(22-15)24-9-20(10-24)11-25(12-20)18(27)13-4-2-1-3-5-13/h1-8H,9-12H2,(H,23,26,28)/b14-8-. The lowest BCUT2D eigenvalue weighted by atomic mass is 9.72.